The summed E-state index contributed by atoms with van der Waals surface area (Å²) in [7, 11) is 0. The number of amides is 1. The molecule has 94 valence electrons. The first-order valence-corrected chi connectivity index (χ1v) is 6.13. The van der Waals surface area contributed by atoms with Gasteiger partial charge in [-0.1, -0.05) is 13.3 Å². The van der Waals surface area contributed by atoms with Crippen LogP contribution in [0, 0.1) is 6.92 Å². The van der Waals surface area contributed by atoms with Crippen LogP contribution >= 0.6 is 11.3 Å². The number of thiophene rings is 1. The van der Waals surface area contributed by atoms with E-state index < -0.39 is 12.1 Å². The summed E-state index contributed by atoms with van der Waals surface area (Å²) < 4.78 is 4.92. The molecule has 0 unspecified atom stereocenters. The molecule has 1 rings (SSSR count). The number of aryl methyl sites for hydroxylation is 1. The van der Waals surface area contributed by atoms with Crippen molar-refractivity contribution >= 4 is 28.4 Å². The van der Waals surface area contributed by atoms with Crippen LogP contribution < -0.4 is 5.32 Å². The summed E-state index contributed by atoms with van der Waals surface area (Å²) >= 11 is 1.02. The van der Waals surface area contributed by atoms with Gasteiger partial charge in [0.15, 0.2) is 0 Å². The zero-order valence-corrected chi connectivity index (χ0v) is 10.6. The lowest BCUT2D eigenvalue weighted by molar-refractivity contribution is 0.0702. The van der Waals surface area contributed by atoms with E-state index in [9.17, 15) is 9.59 Å². The SMILES string of the molecule is CCCCOC(=O)Nc1sc(C(=O)O)cc1C. The Balaban J connectivity index is 2.56. The fraction of sp³-hybridized carbons (Fsp3) is 0.455. The third-order valence-corrected chi connectivity index (χ3v) is 3.22. The molecule has 2 N–H and O–H groups in total. The van der Waals surface area contributed by atoms with Crippen molar-refractivity contribution in [3.05, 3.63) is 16.5 Å². The zero-order chi connectivity index (χ0) is 12.8. The smallest absolute Gasteiger partial charge is 0.412 e. The minimum atomic E-state index is -0.995. The van der Waals surface area contributed by atoms with Crippen molar-refractivity contribution in [2.45, 2.75) is 26.7 Å². The van der Waals surface area contributed by atoms with Gasteiger partial charge in [-0.3, -0.25) is 5.32 Å². The fourth-order valence-corrected chi connectivity index (χ4v) is 2.05. The Kier molecular flexibility index (Phi) is 4.96. The van der Waals surface area contributed by atoms with Crippen molar-refractivity contribution < 1.29 is 19.4 Å². The molecule has 0 bridgehead atoms. The van der Waals surface area contributed by atoms with Crippen molar-refractivity contribution in [2.75, 3.05) is 11.9 Å². The molecule has 1 heterocycles. The largest absolute Gasteiger partial charge is 0.477 e. The molecule has 1 amide bonds. The summed E-state index contributed by atoms with van der Waals surface area (Å²) in [5.74, 6) is -0.995. The lowest BCUT2D eigenvalue weighted by Crippen LogP contribution is -2.13. The first kappa shape index (κ1) is 13.5. The van der Waals surface area contributed by atoms with E-state index in [0.29, 0.717) is 11.6 Å². The maximum Gasteiger partial charge on any atom is 0.412 e. The minimum absolute atomic E-state index is 0.200. The average Bonchev–Trinajstić information content (AvgIpc) is 2.61. The van der Waals surface area contributed by atoms with E-state index in [2.05, 4.69) is 5.32 Å². The van der Waals surface area contributed by atoms with Crippen LogP contribution in [0.15, 0.2) is 6.07 Å². The molecule has 0 fully saturated rings. The molecule has 0 aliphatic heterocycles. The van der Waals surface area contributed by atoms with E-state index in [4.69, 9.17) is 9.84 Å². The number of anilines is 1. The second-order valence-corrected chi connectivity index (χ2v) is 4.59. The monoisotopic (exact) mass is 257 g/mol. The Morgan fingerprint density at radius 2 is 2.24 bits per heavy atom. The molecule has 17 heavy (non-hydrogen) atoms. The molecule has 6 heteroatoms. The summed E-state index contributed by atoms with van der Waals surface area (Å²) in [6.07, 6.45) is 1.23. The van der Waals surface area contributed by atoms with Gasteiger partial charge in [0, 0.05) is 0 Å². The third kappa shape index (κ3) is 4.07. The van der Waals surface area contributed by atoms with Gasteiger partial charge in [0.1, 0.15) is 9.88 Å². The fourth-order valence-electron chi connectivity index (χ4n) is 1.15. The second kappa shape index (κ2) is 6.24. The Labute approximate surface area is 103 Å². The molecular formula is C11H15NO4S. The van der Waals surface area contributed by atoms with Crippen LogP contribution in [0.3, 0.4) is 0 Å². The second-order valence-electron chi connectivity index (χ2n) is 3.54. The maximum absolute atomic E-state index is 11.3. The summed E-state index contributed by atoms with van der Waals surface area (Å²) in [6.45, 7) is 4.12. The number of ether oxygens (including phenoxy) is 1. The number of hydrogen-bond donors (Lipinski definition) is 2. The lowest BCUT2D eigenvalue weighted by Gasteiger charge is -2.05. The van der Waals surface area contributed by atoms with Gasteiger partial charge in [0.2, 0.25) is 0 Å². The van der Waals surface area contributed by atoms with Crippen molar-refractivity contribution in [3.63, 3.8) is 0 Å². The predicted molar refractivity (Wildman–Crippen MR) is 65.9 cm³/mol. The number of nitrogens with one attached hydrogen (secondary N) is 1. The highest BCUT2D eigenvalue weighted by Crippen LogP contribution is 2.27. The number of aromatic carboxylic acids is 1. The van der Waals surface area contributed by atoms with Gasteiger partial charge in [-0.25, -0.2) is 9.59 Å². The van der Waals surface area contributed by atoms with Gasteiger partial charge in [0.05, 0.1) is 6.61 Å². The molecule has 0 radical (unpaired) electrons. The maximum atomic E-state index is 11.3. The molecule has 1 aromatic heterocycles. The van der Waals surface area contributed by atoms with Crippen molar-refractivity contribution in [2.24, 2.45) is 0 Å². The highest BCUT2D eigenvalue weighted by molar-refractivity contribution is 7.18. The van der Waals surface area contributed by atoms with E-state index >= 15 is 0 Å². The van der Waals surface area contributed by atoms with Crippen molar-refractivity contribution in [1.29, 1.82) is 0 Å². The van der Waals surface area contributed by atoms with Crippen LogP contribution in [0.1, 0.15) is 35.0 Å². The van der Waals surface area contributed by atoms with E-state index in [-0.39, 0.29) is 4.88 Å². The molecule has 5 nitrogen and oxygen atoms in total. The number of hydrogen-bond acceptors (Lipinski definition) is 4. The molecule has 0 saturated heterocycles. The van der Waals surface area contributed by atoms with Gasteiger partial charge in [-0.05, 0) is 25.0 Å². The van der Waals surface area contributed by atoms with E-state index in [0.717, 1.165) is 29.7 Å². The standard InChI is InChI=1S/C11H15NO4S/c1-3-4-5-16-11(15)12-9-7(2)6-8(17-9)10(13)14/h6H,3-5H2,1-2H3,(H,12,15)(H,13,14). The molecule has 1 aromatic rings. The van der Waals surface area contributed by atoms with Crippen LogP contribution in [-0.4, -0.2) is 23.8 Å². The van der Waals surface area contributed by atoms with Gasteiger partial charge < -0.3 is 9.84 Å². The van der Waals surface area contributed by atoms with Gasteiger partial charge in [0.25, 0.3) is 0 Å². The summed E-state index contributed by atoms with van der Waals surface area (Å²) in [6, 6.07) is 1.52. The van der Waals surface area contributed by atoms with Crippen LogP contribution in [-0.2, 0) is 4.74 Å². The number of carboxylic acids is 1. The quantitative estimate of drug-likeness (QED) is 0.795. The highest BCUT2D eigenvalue weighted by Gasteiger charge is 2.13. The normalized spacial score (nSPS) is 10.0. The average molecular weight is 257 g/mol. The van der Waals surface area contributed by atoms with Crippen LogP contribution in [0.4, 0.5) is 9.80 Å². The van der Waals surface area contributed by atoms with Gasteiger partial charge >= 0.3 is 12.1 Å². The number of carbonyl (C=O) groups excluding carboxylic acids is 1. The van der Waals surface area contributed by atoms with Gasteiger partial charge in [-0.15, -0.1) is 11.3 Å². The van der Waals surface area contributed by atoms with Crippen LogP contribution in [0.2, 0.25) is 0 Å². The summed E-state index contributed by atoms with van der Waals surface area (Å²) in [5, 5.41) is 11.9. The van der Waals surface area contributed by atoms with Crippen LogP contribution in [0.25, 0.3) is 0 Å². The molecule has 0 aromatic carbocycles. The number of carboxylic acid groups (broad SMARTS) is 1. The molecule has 0 aliphatic rings. The number of unbranched alkanes of at least 4 members (excludes halogenated alkanes) is 1. The third-order valence-electron chi connectivity index (χ3n) is 2.08. The summed E-state index contributed by atoms with van der Waals surface area (Å²) in [4.78, 5) is 22.3. The Morgan fingerprint density at radius 3 is 2.76 bits per heavy atom. The highest BCUT2D eigenvalue weighted by atomic mass is 32.1. The minimum Gasteiger partial charge on any atom is -0.477 e. The molecule has 0 spiro atoms. The van der Waals surface area contributed by atoms with Gasteiger partial charge in [-0.2, -0.15) is 0 Å². The van der Waals surface area contributed by atoms with E-state index in [1.54, 1.807) is 6.92 Å². The first-order chi connectivity index (χ1) is 8.04. The zero-order valence-electron chi connectivity index (χ0n) is 9.78. The topological polar surface area (TPSA) is 75.6 Å². The Bertz CT molecular complexity index is 414. The molecule has 0 aliphatic carbocycles. The van der Waals surface area contributed by atoms with Crippen molar-refractivity contribution in [3.8, 4) is 0 Å². The van der Waals surface area contributed by atoms with E-state index in [1.165, 1.54) is 6.07 Å². The molecule has 0 saturated carbocycles. The number of rotatable bonds is 5. The first-order valence-electron chi connectivity index (χ1n) is 5.32. The molecular weight excluding hydrogens is 242 g/mol. The predicted octanol–water partition coefficient (Wildman–Crippen LogP) is 3.10. The lowest BCUT2D eigenvalue weighted by atomic mass is 10.3. The summed E-state index contributed by atoms with van der Waals surface area (Å²) in [5.41, 5.74) is 0.722. The Hall–Kier alpha value is -1.56. The Morgan fingerprint density at radius 1 is 1.53 bits per heavy atom. The van der Waals surface area contributed by atoms with E-state index in [1.807, 2.05) is 6.92 Å². The molecule has 0 atom stereocenters. The number of carbonyl (C=O) groups is 2. The van der Waals surface area contributed by atoms with Crippen LogP contribution in [0.5, 0.6) is 0 Å². The van der Waals surface area contributed by atoms with Crippen molar-refractivity contribution in [1.82, 2.24) is 0 Å².